The van der Waals surface area contributed by atoms with Crippen LogP contribution in [-0.4, -0.2) is 74.9 Å². The largest absolute Gasteiger partial charge is 0.490 e. The highest BCUT2D eigenvalue weighted by Gasteiger charge is 2.49. The van der Waals surface area contributed by atoms with E-state index < -0.39 is 24.3 Å². The number of aryl methyl sites for hydroxylation is 2. The van der Waals surface area contributed by atoms with Crippen LogP contribution in [0.2, 0.25) is 0 Å². The van der Waals surface area contributed by atoms with Crippen molar-refractivity contribution in [1.82, 2.24) is 14.9 Å². The second kappa shape index (κ2) is 12.7. The van der Waals surface area contributed by atoms with E-state index >= 15 is 0 Å². The Bertz CT molecular complexity index is 1440. The van der Waals surface area contributed by atoms with Crippen LogP contribution >= 0.6 is 0 Å². The molecule has 1 saturated heterocycles. The molecule has 1 fully saturated rings. The fourth-order valence-electron chi connectivity index (χ4n) is 4.82. The molecular weight excluding hydrogens is 590 g/mol. The van der Waals surface area contributed by atoms with Crippen molar-refractivity contribution in [1.29, 1.82) is 0 Å². The predicted octanol–water partition coefficient (Wildman–Crippen LogP) is 4.76. The van der Waals surface area contributed by atoms with Crippen molar-refractivity contribution in [2.24, 2.45) is 0 Å². The van der Waals surface area contributed by atoms with Crippen molar-refractivity contribution < 1.29 is 55.4 Å². The number of fused-ring (bicyclic) bond motifs is 2. The molecule has 2 aliphatic heterocycles. The molecule has 0 saturated carbocycles. The van der Waals surface area contributed by atoms with Crippen LogP contribution in [0.15, 0.2) is 53.3 Å². The summed E-state index contributed by atoms with van der Waals surface area (Å²) in [6, 6.07) is 10.0. The molecule has 0 aliphatic carbocycles. The summed E-state index contributed by atoms with van der Waals surface area (Å²) < 4.78 is 69.1. The molecular formula is C27H26F6N4O6. The highest BCUT2D eigenvalue weighted by molar-refractivity contribution is 5.95. The van der Waals surface area contributed by atoms with Gasteiger partial charge in [-0.2, -0.15) is 26.3 Å². The first-order valence-corrected chi connectivity index (χ1v) is 12.5. The van der Waals surface area contributed by atoms with Gasteiger partial charge in [0.15, 0.2) is 0 Å². The number of carboxylic acid groups (broad SMARTS) is 2. The van der Waals surface area contributed by atoms with Gasteiger partial charge >= 0.3 is 24.3 Å². The Kier molecular flexibility index (Phi) is 9.72. The lowest BCUT2D eigenvalue weighted by Gasteiger charge is -2.25. The number of amides is 1. The second-order valence-corrected chi connectivity index (χ2v) is 9.78. The summed E-state index contributed by atoms with van der Waals surface area (Å²) >= 11 is 0. The SMILES string of the molecule is Cc1cc(C(=O)N2CCC3(C2)CN(Cc2cccnc2)c2cccnc23)c(C)o1.O=C(O)C(F)(F)F.O=C(O)C(F)(F)F. The third kappa shape index (κ3) is 8.02. The Morgan fingerprint density at radius 1 is 0.977 bits per heavy atom. The number of nitrogens with zero attached hydrogens (tertiary/aromatic N) is 4. The Hall–Kier alpha value is -4.63. The number of carboxylic acids is 2. The Balaban J connectivity index is 0.000000303. The lowest BCUT2D eigenvalue weighted by molar-refractivity contribution is -0.193. The fraction of sp³-hybridized carbons (Fsp3) is 0.370. The van der Waals surface area contributed by atoms with E-state index in [9.17, 15) is 31.1 Å². The van der Waals surface area contributed by atoms with E-state index in [0.717, 1.165) is 37.5 Å². The highest BCUT2D eigenvalue weighted by Crippen LogP contribution is 2.46. The number of rotatable bonds is 3. The molecule has 2 aliphatic rings. The summed E-state index contributed by atoms with van der Waals surface area (Å²) in [5.41, 5.74) is 4.00. The van der Waals surface area contributed by atoms with Crippen LogP contribution < -0.4 is 4.90 Å². The van der Waals surface area contributed by atoms with Crippen molar-refractivity contribution >= 4 is 23.5 Å². The Morgan fingerprint density at radius 2 is 1.58 bits per heavy atom. The molecule has 5 heterocycles. The van der Waals surface area contributed by atoms with Crippen LogP contribution in [0.1, 0.15) is 39.6 Å². The Labute approximate surface area is 240 Å². The van der Waals surface area contributed by atoms with Gasteiger partial charge in [-0.05, 0) is 50.1 Å². The molecule has 16 heteroatoms. The average molecular weight is 617 g/mol. The average Bonchev–Trinajstić information content (AvgIpc) is 3.59. The van der Waals surface area contributed by atoms with Crippen molar-refractivity contribution in [3.8, 4) is 0 Å². The molecule has 10 nitrogen and oxygen atoms in total. The molecule has 1 spiro atoms. The quantitative estimate of drug-likeness (QED) is 0.399. The molecule has 5 rings (SSSR count). The number of carbonyl (C=O) groups excluding carboxylic acids is 1. The smallest absolute Gasteiger partial charge is 0.475 e. The topological polar surface area (TPSA) is 137 Å². The summed E-state index contributed by atoms with van der Waals surface area (Å²) in [6.07, 6.45) is -3.68. The maximum Gasteiger partial charge on any atom is 0.490 e. The van der Waals surface area contributed by atoms with E-state index in [0.29, 0.717) is 17.9 Å². The number of pyridine rings is 2. The molecule has 2 N–H and O–H groups in total. The van der Waals surface area contributed by atoms with Gasteiger partial charge in [-0.3, -0.25) is 14.8 Å². The zero-order valence-corrected chi connectivity index (χ0v) is 22.7. The van der Waals surface area contributed by atoms with E-state index in [2.05, 4.69) is 22.0 Å². The maximum absolute atomic E-state index is 13.1. The van der Waals surface area contributed by atoms with Gasteiger partial charge in [-0.25, -0.2) is 9.59 Å². The van der Waals surface area contributed by atoms with Gasteiger partial charge in [0.1, 0.15) is 11.5 Å². The molecule has 3 aromatic heterocycles. The van der Waals surface area contributed by atoms with Gasteiger partial charge in [0.2, 0.25) is 0 Å². The molecule has 0 bridgehead atoms. The van der Waals surface area contributed by atoms with Crippen LogP contribution in [0, 0.1) is 13.8 Å². The minimum atomic E-state index is -5.08. The van der Waals surface area contributed by atoms with Gasteiger partial charge in [0.05, 0.1) is 22.4 Å². The van der Waals surface area contributed by atoms with E-state index in [-0.39, 0.29) is 11.3 Å². The zero-order valence-electron chi connectivity index (χ0n) is 22.7. The number of hydrogen-bond donors (Lipinski definition) is 2. The van der Waals surface area contributed by atoms with Crippen molar-refractivity contribution in [3.63, 3.8) is 0 Å². The number of hydrogen-bond acceptors (Lipinski definition) is 7. The van der Waals surface area contributed by atoms with Crippen molar-refractivity contribution in [3.05, 3.63) is 77.3 Å². The molecule has 1 unspecified atom stereocenters. The predicted molar refractivity (Wildman–Crippen MR) is 137 cm³/mol. The number of alkyl halides is 6. The first-order valence-electron chi connectivity index (χ1n) is 12.5. The molecule has 0 aromatic carbocycles. The number of aliphatic carboxylic acids is 2. The first kappa shape index (κ1) is 32.9. The van der Waals surface area contributed by atoms with E-state index in [1.165, 1.54) is 11.3 Å². The maximum atomic E-state index is 13.1. The summed E-state index contributed by atoms with van der Waals surface area (Å²) in [7, 11) is 0. The standard InChI is InChI=1S/C23H24N4O2.2C2HF3O2/c1-16-11-19(17(2)29-16)22(28)26-10-7-23(14-26)15-27(13-18-5-3-8-24-12-18)20-6-4-9-25-21(20)23;2*3-2(4,5)1(6)7/h3-6,8-9,11-12H,7,10,13-15H2,1-2H3;2*(H,6,7). The summed E-state index contributed by atoms with van der Waals surface area (Å²) in [5, 5.41) is 14.2. The van der Waals surface area contributed by atoms with E-state index in [1.54, 1.807) is 6.20 Å². The van der Waals surface area contributed by atoms with Crippen LogP contribution in [-0.2, 0) is 21.5 Å². The third-order valence-electron chi connectivity index (χ3n) is 6.62. The summed E-state index contributed by atoms with van der Waals surface area (Å²) in [5.74, 6) is -3.99. The van der Waals surface area contributed by atoms with Gasteiger partial charge in [-0.15, -0.1) is 0 Å². The highest BCUT2D eigenvalue weighted by atomic mass is 19.4. The van der Waals surface area contributed by atoms with Gasteiger partial charge < -0.3 is 24.4 Å². The molecule has 0 radical (unpaired) electrons. The summed E-state index contributed by atoms with van der Waals surface area (Å²) in [6.45, 7) is 6.81. The number of halogens is 6. The molecule has 232 valence electrons. The van der Waals surface area contributed by atoms with E-state index in [1.807, 2.05) is 49.3 Å². The van der Waals surface area contributed by atoms with Gasteiger partial charge in [0.25, 0.3) is 5.91 Å². The number of anilines is 1. The van der Waals surface area contributed by atoms with E-state index in [4.69, 9.17) is 29.2 Å². The second-order valence-electron chi connectivity index (χ2n) is 9.78. The van der Waals surface area contributed by atoms with Crippen LogP contribution in [0.5, 0.6) is 0 Å². The monoisotopic (exact) mass is 616 g/mol. The molecule has 1 atom stereocenters. The molecule has 3 aromatic rings. The fourth-order valence-corrected chi connectivity index (χ4v) is 4.82. The minimum absolute atomic E-state index is 0.0550. The van der Waals surface area contributed by atoms with Crippen LogP contribution in [0.4, 0.5) is 32.0 Å². The molecule has 1 amide bonds. The number of likely N-dealkylation sites (tertiary alicyclic amines) is 1. The minimum Gasteiger partial charge on any atom is -0.475 e. The van der Waals surface area contributed by atoms with Crippen molar-refractivity contribution in [2.75, 3.05) is 24.5 Å². The number of aromatic nitrogens is 2. The number of carbonyl (C=O) groups is 3. The first-order chi connectivity index (χ1) is 19.9. The normalized spacial score (nSPS) is 17.5. The molecule has 43 heavy (non-hydrogen) atoms. The lowest BCUT2D eigenvalue weighted by Crippen LogP contribution is -2.38. The van der Waals surface area contributed by atoms with Crippen molar-refractivity contribution in [2.45, 2.75) is 44.6 Å². The Morgan fingerprint density at radius 3 is 2.09 bits per heavy atom. The third-order valence-corrected chi connectivity index (χ3v) is 6.62. The van der Waals surface area contributed by atoms with Crippen LogP contribution in [0.25, 0.3) is 0 Å². The van der Waals surface area contributed by atoms with Crippen LogP contribution in [0.3, 0.4) is 0 Å². The zero-order chi connectivity index (χ0) is 32.2. The van der Waals surface area contributed by atoms with Gasteiger partial charge in [-0.1, -0.05) is 6.07 Å². The summed E-state index contributed by atoms with van der Waals surface area (Å²) in [4.78, 5) is 44.3. The lowest BCUT2D eigenvalue weighted by atomic mass is 9.85. The number of furan rings is 1. The van der Waals surface area contributed by atoms with Gasteiger partial charge in [0, 0.05) is 44.8 Å².